The van der Waals surface area contributed by atoms with Gasteiger partial charge in [-0.3, -0.25) is 9.59 Å². The lowest BCUT2D eigenvalue weighted by atomic mass is 9.96. The zero-order valence-electron chi connectivity index (χ0n) is 19.2. The van der Waals surface area contributed by atoms with Gasteiger partial charge in [-0.15, -0.1) is 11.3 Å². The van der Waals surface area contributed by atoms with E-state index in [4.69, 9.17) is 4.74 Å². The number of piperazine rings is 1. The Labute approximate surface area is 198 Å². The number of benzene rings is 1. The van der Waals surface area contributed by atoms with Crippen LogP contribution in [0.2, 0.25) is 0 Å². The largest absolute Gasteiger partial charge is 0.497 e. The molecule has 0 unspecified atom stereocenters. The number of anilines is 1. The van der Waals surface area contributed by atoms with Crippen molar-refractivity contribution in [1.82, 2.24) is 14.4 Å². The van der Waals surface area contributed by atoms with E-state index in [0.717, 1.165) is 47.6 Å². The van der Waals surface area contributed by atoms with Crippen LogP contribution < -0.4 is 9.64 Å². The van der Waals surface area contributed by atoms with Crippen molar-refractivity contribution in [3.05, 3.63) is 47.5 Å². The number of hydrogen-bond acceptors (Lipinski definition) is 5. The van der Waals surface area contributed by atoms with E-state index in [-0.39, 0.29) is 17.7 Å². The molecule has 0 radical (unpaired) electrons. The van der Waals surface area contributed by atoms with Gasteiger partial charge in [0, 0.05) is 52.0 Å². The third-order valence-corrected chi connectivity index (χ3v) is 7.82. The average molecular weight is 467 g/mol. The Hall–Kier alpha value is -3.00. The summed E-state index contributed by atoms with van der Waals surface area (Å²) < 4.78 is 8.34. The van der Waals surface area contributed by atoms with Crippen molar-refractivity contribution in [2.45, 2.75) is 12.8 Å². The average Bonchev–Trinajstić information content (AvgIpc) is 3.46. The number of amides is 2. The Balaban J connectivity index is 1.20. The first kappa shape index (κ1) is 21.8. The third kappa shape index (κ3) is 4.19. The number of nitrogens with zero attached hydrogens (tertiary/aromatic N) is 4. The number of aryl methyl sites for hydroxylation is 1. The number of hydrogen-bond donors (Lipinski definition) is 0. The van der Waals surface area contributed by atoms with Crippen LogP contribution in [-0.2, 0) is 11.8 Å². The molecular weight excluding hydrogens is 436 g/mol. The monoisotopic (exact) mass is 466 g/mol. The van der Waals surface area contributed by atoms with Crippen LogP contribution in [0, 0.1) is 5.92 Å². The molecule has 8 heteroatoms. The van der Waals surface area contributed by atoms with Gasteiger partial charge in [-0.05, 0) is 54.6 Å². The van der Waals surface area contributed by atoms with Crippen molar-refractivity contribution in [3.8, 4) is 5.75 Å². The molecule has 0 aliphatic carbocycles. The number of carbonyl (C=O) groups excluding carboxylic acids is 2. The molecule has 33 heavy (non-hydrogen) atoms. The summed E-state index contributed by atoms with van der Waals surface area (Å²) in [6.07, 6.45) is 1.72. The molecular formula is C25H30N4O3S. The number of likely N-dealkylation sites (tertiary alicyclic amines) is 1. The second-order valence-corrected chi connectivity index (χ2v) is 9.81. The fraction of sp³-hybridized carbons (Fsp3) is 0.440. The predicted octanol–water partition coefficient (Wildman–Crippen LogP) is 3.45. The number of aromatic nitrogens is 1. The van der Waals surface area contributed by atoms with E-state index in [2.05, 4.69) is 17.0 Å². The Bertz CT molecular complexity index is 1140. The normalized spacial score (nSPS) is 19.2. The smallest absolute Gasteiger partial charge is 0.270 e. The number of methoxy groups -OCH3 is 1. The van der Waals surface area contributed by atoms with Gasteiger partial charge in [0.25, 0.3) is 5.91 Å². The maximum atomic E-state index is 13.3. The standard InChI is InChI=1S/C25H30N4O3S/c1-26-21-9-15-33-23(21)16-22(26)25(31)29-10-3-4-18(17-29)24(30)28-13-11-27(12-14-28)19-5-7-20(32-2)8-6-19/h5-9,15-16,18H,3-4,10-14,17H2,1-2H3/t18-/m0/s1. The molecule has 2 fully saturated rings. The molecule has 174 valence electrons. The maximum absolute atomic E-state index is 13.3. The minimum atomic E-state index is -0.114. The summed E-state index contributed by atoms with van der Waals surface area (Å²) in [4.78, 5) is 32.7. The first-order valence-electron chi connectivity index (χ1n) is 11.5. The van der Waals surface area contributed by atoms with Gasteiger partial charge in [0.15, 0.2) is 0 Å². The van der Waals surface area contributed by atoms with Crippen LogP contribution in [0.4, 0.5) is 5.69 Å². The van der Waals surface area contributed by atoms with Crippen molar-refractivity contribution in [1.29, 1.82) is 0 Å². The first-order chi connectivity index (χ1) is 16.0. The van der Waals surface area contributed by atoms with Crippen LogP contribution in [0.25, 0.3) is 10.2 Å². The number of fused-ring (bicyclic) bond motifs is 1. The summed E-state index contributed by atoms with van der Waals surface area (Å²) in [6.45, 7) is 4.27. The molecule has 2 saturated heterocycles. The number of piperidine rings is 1. The van der Waals surface area contributed by atoms with Crippen molar-refractivity contribution in [3.63, 3.8) is 0 Å². The Morgan fingerprint density at radius 2 is 1.76 bits per heavy atom. The number of thiophene rings is 1. The molecule has 0 N–H and O–H groups in total. The molecule has 7 nitrogen and oxygen atoms in total. The Morgan fingerprint density at radius 3 is 2.45 bits per heavy atom. The summed E-state index contributed by atoms with van der Waals surface area (Å²) in [5, 5.41) is 2.04. The summed E-state index contributed by atoms with van der Waals surface area (Å²) >= 11 is 1.65. The quantitative estimate of drug-likeness (QED) is 0.591. The van der Waals surface area contributed by atoms with Crippen molar-refractivity contribution >= 4 is 39.1 Å². The lowest BCUT2D eigenvalue weighted by Crippen LogP contribution is -2.53. The summed E-state index contributed by atoms with van der Waals surface area (Å²) in [6, 6.07) is 12.1. The molecule has 0 saturated carbocycles. The first-order valence-corrected chi connectivity index (χ1v) is 12.4. The van der Waals surface area contributed by atoms with Crippen LogP contribution in [0.15, 0.2) is 41.8 Å². The van der Waals surface area contributed by atoms with Gasteiger partial charge in [0.05, 0.1) is 23.2 Å². The summed E-state index contributed by atoms with van der Waals surface area (Å²) in [7, 11) is 3.61. The van der Waals surface area contributed by atoms with Crippen LogP contribution in [0.5, 0.6) is 5.75 Å². The zero-order chi connectivity index (χ0) is 22.9. The topological polar surface area (TPSA) is 58.0 Å². The molecule has 4 heterocycles. The highest BCUT2D eigenvalue weighted by atomic mass is 32.1. The van der Waals surface area contributed by atoms with Gasteiger partial charge < -0.3 is 24.0 Å². The van der Waals surface area contributed by atoms with E-state index in [1.54, 1.807) is 18.4 Å². The lowest BCUT2D eigenvalue weighted by Gasteiger charge is -2.39. The molecule has 3 aromatic rings. The highest BCUT2D eigenvalue weighted by Gasteiger charge is 2.33. The van der Waals surface area contributed by atoms with Gasteiger partial charge in [-0.2, -0.15) is 0 Å². The fourth-order valence-electron chi connectivity index (χ4n) is 5.02. The molecule has 0 bridgehead atoms. The lowest BCUT2D eigenvalue weighted by molar-refractivity contribution is -0.137. The molecule has 2 aromatic heterocycles. The fourth-order valence-corrected chi connectivity index (χ4v) is 5.87. The van der Waals surface area contributed by atoms with Crippen molar-refractivity contribution in [2.24, 2.45) is 13.0 Å². The molecule has 1 atom stereocenters. The molecule has 2 amide bonds. The van der Waals surface area contributed by atoms with E-state index in [1.807, 2.05) is 51.1 Å². The molecule has 1 aromatic carbocycles. The van der Waals surface area contributed by atoms with Gasteiger partial charge in [-0.25, -0.2) is 0 Å². The van der Waals surface area contributed by atoms with E-state index < -0.39 is 0 Å². The zero-order valence-corrected chi connectivity index (χ0v) is 20.0. The Kier molecular flexibility index (Phi) is 6.01. The highest BCUT2D eigenvalue weighted by molar-refractivity contribution is 7.17. The minimum absolute atomic E-state index is 0.0303. The van der Waals surface area contributed by atoms with Crippen molar-refractivity contribution in [2.75, 3.05) is 51.3 Å². The van der Waals surface area contributed by atoms with E-state index >= 15 is 0 Å². The van der Waals surface area contributed by atoms with Gasteiger partial charge in [-0.1, -0.05) is 0 Å². The summed E-state index contributed by atoms with van der Waals surface area (Å²) in [5.41, 5.74) is 2.94. The molecule has 0 spiro atoms. The molecule has 2 aliphatic rings. The highest BCUT2D eigenvalue weighted by Crippen LogP contribution is 2.27. The van der Waals surface area contributed by atoms with E-state index in [0.29, 0.717) is 31.9 Å². The maximum Gasteiger partial charge on any atom is 0.270 e. The van der Waals surface area contributed by atoms with Gasteiger partial charge >= 0.3 is 0 Å². The van der Waals surface area contributed by atoms with Crippen LogP contribution in [-0.4, -0.2) is 72.6 Å². The third-order valence-electron chi connectivity index (χ3n) is 6.97. The molecule has 2 aliphatic heterocycles. The SMILES string of the molecule is COc1ccc(N2CCN(C(=O)[C@H]3CCCN(C(=O)c4cc5sccc5n4C)C3)CC2)cc1. The second-order valence-electron chi connectivity index (χ2n) is 8.86. The summed E-state index contributed by atoms with van der Waals surface area (Å²) in [5.74, 6) is 0.952. The van der Waals surface area contributed by atoms with Crippen LogP contribution in [0.3, 0.4) is 0 Å². The van der Waals surface area contributed by atoms with Crippen molar-refractivity contribution < 1.29 is 14.3 Å². The van der Waals surface area contributed by atoms with Crippen LogP contribution >= 0.6 is 11.3 Å². The predicted molar refractivity (Wildman–Crippen MR) is 131 cm³/mol. The molecule has 5 rings (SSSR count). The van der Waals surface area contributed by atoms with E-state index in [9.17, 15) is 9.59 Å². The van der Waals surface area contributed by atoms with Crippen LogP contribution in [0.1, 0.15) is 23.3 Å². The second kappa shape index (κ2) is 9.09. The Morgan fingerprint density at radius 1 is 1.00 bits per heavy atom. The number of carbonyl (C=O) groups is 2. The number of ether oxygens (including phenoxy) is 1. The minimum Gasteiger partial charge on any atom is -0.497 e. The van der Waals surface area contributed by atoms with Gasteiger partial charge in [0.1, 0.15) is 11.4 Å². The van der Waals surface area contributed by atoms with E-state index in [1.165, 1.54) is 0 Å². The van der Waals surface area contributed by atoms with Gasteiger partial charge in [0.2, 0.25) is 5.91 Å². The number of rotatable bonds is 4.